The molecule has 0 radical (unpaired) electrons. The van der Waals surface area contributed by atoms with Gasteiger partial charge in [0.05, 0.1) is 11.2 Å². The van der Waals surface area contributed by atoms with Crippen LogP contribution in [0.2, 0.25) is 0 Å². The number of carboxylic acid groups (broad SMARTS) is 1. The zero-order valence-electron chi connectivity index (χ0n) is 8.92. The van der Waals surface area contributed by atoms with Gasteiger partial charge >= 0.3 is 5.97 Å². The number of aliphatic carboxylic acids is 1. The molecule has 0 aromatic heterocycles. The summed E-state index contributed by atoms with van der Waals surface area (Å²) in [6.07, 6.45) is 1.90. The highest BCUT2D eigenvalue weighted by Crippen LogP contribution is 2.66. The molecule has 2 saturated carbocycles. The van der Waals surface area contributed by atoms with Crippen LogP contribution in [0.1, 0.15) is 33.1 Å². The van der Waals surface area contributed by atoms with Crippen LogP contribution in [0.3, 0.4) is 0 Å². The number of hydrogen-bond donors (Lipinski definition) is 1. The minimum atomic E-state index is -0.801. The molecule has 0 heterocycles. The largest absolute Gasteiger partial charge is 0.481 e. The molecule has 4 heteroatoms. The molecular formula is C11H15BrO3. The fraction of sp³-hybridized carbons (Fsp3) is 0.818. The summed E-state index contributed by atoms with van der Waals surface area (Å²) < 4.78 is 0. The number of carboxylic acids is 1. The summed E-state index contributed by atoms with van der Waals surface area (Å²) in [6, 6.07) is 0. The van der Waals surface area contributed by atoms with Crippen LogP contribution in [0.15, 0.2) is 0 Å². The lowest BCUT2D eigenvalue weighted by Gasteiger charge is -2.34. The van der Waals surface area contributed by atoms with E-state index in [4.69, 9.17) is 5.11 Å². The molecule has 2 rings (SSSR count). The number of halogens is 1. The maximum absolute atomic E-state index is 12.0. The molecule has 2 aliphatic rings. The van der Waals surface area contributed by atoms with Gasteiger partial charge in [-0.15, -0.1) is 0 Å². The van der Waals surface area contributed by atoms with Gasteiger partial charge in [-0.2, -0.15) is 0 Å². The average molecular weight is 275 g/mol. The van der Waals surface area contributed by atoms with Crippen molar-refractivity contribution in [3.05, 3.63) is 0 Å². The van der Waals surface area contributed by atoms with Crippen LogP contribution in [0, 0.1) is 16.7 Å². The molecule has 0 spiro atoms. The molecule has 0 unspecified atom stereocenters. The monoisotopic (exact) mass is 274 g/mol. The van der Waals surface area contributed by atoms with E-state index < -0.39 is 11.4 Å². The van der Waals surface area contributed by atoms with Crippen molar-refractivity contribution in [1.29, 1.82) is 0 Å². The summed E-state index contributed by atoms with van der Waals surface area (Å²) in [7, 11) is 0. The van der Waals surface area contributed by atoms with Crippen molar-refractivity contribution < 1.29 is 14.7 Å². The van der Waals surface area contributed by atoms with E-state index in [1.165, 1.54) is 0 Å². The molecule has 1 N–H and O–H groups in total. The SMILES string of the molecule is C[C@]12CC[C@H]([C@@H](Br)C1=O)[C@@]2(C)CC(=O)O. The zero-order chi connectivity index (χ0) is 11.4. The Kier molecular flexibility index (Phi) is 2.27. The van der Waals surface area contributed by atoms with Crippen LogP contribution in [-0.2, 0) is 9.59 Å². The lowest BCUT2D eigenvalue weighted by Crippen LogP contribution is -2.37. The number of carbonyl (C=O) groups is 2. The Bertz CT molecular complexity index is 341. The summed E-state index contributed by atoms with van der Waals surface area (Å²) in [5.41, 5.74) is -0.811. The number of Topliss-reactive ketones (excluding diaryl/α,β-unsaturated/α-hetero) is 1. The molecular weight excluding hydrogens is 260 g/mol. The molecule has 4 atom stereocenters. The normalized spacial score (nSPS) is 48.6. The Morgan fingerprint density at radius 1 is 1.60 bits per heavy atom. The number of hydrogen-bond acceptors (Lipinski definition) is 2. The second-order valence-corrected chi connectivity index (χ2v) is 6.22. The first-order valence-corrected chi connectivity index (χ1v) is 6.15. The Balaban J connectivity index is 2.42. The fourth-order valence-corrected chi connectivity index (χ4v) is 4.81. The average Bonchev–Trinajstić information content (AvgIpc) is 2.42. The first-order valence-electron chi connectivity index (χ1n) is 5.23. The summed E-state index contributed by atoms with van der Waals surface area (Å²) in [4.78, 5) is 22.8. The summed E-state index contributed by atoms with van der Waals surface area (Å²) in [6.45, 7) is 3.89. The van der Waals surface area contributed by atoms with E-state index in [1.54, 1.807) is 0 Å². The predicted molar refractivity (Wildman–Crippen MR) is 58.9 cm³/mol. The Labute approximate surface area is 97.4 Å². The minimum Gasteiger partial charge on any atom is -0.481 e. The highest BCUT2D eigenvalue weighted by Gasteiger charge is 2.68. The predicted octanol–water partition coefficient (Wildman–Crippen LogP) is 2.23. The molecule has 3 nitrogen and oxygen atoms in total. The van der Waals surface area contributed by atoms with Gasteiger partial charge in [0.25, 0.3) is 0 Å². The van der Waals surface area contributed by atoms with Crippen molar-refractivity contribution in [2.75, 3.05) is 0 Å². The molecule has 84 valence electrons. The quantitative estimate of drug-likeness (QED) is 0.786. The Morgan fingerprint density at radius 2 is 2.20 bits per heavy atom. The number of fused-ring (bicyclic) bond motifs is 2. The number of alkyl halides is 1. The number of rotatable bonds is 2. The van der Waals surface area contributed by atoms with Crippen LogP contribution in [0.4, 0.5) is 0 Å². The maximum Gasteiger partial charge on any atom is 0.303 e. The van der Waals surface area contributed by atoms with E-state index in [-0.39, 0.29) is 28.4 Å². The molecule has 15 heavy (non-hydrogen) atoms. The molecule has 2 aliphatic carbocycles. The van der Waals surface area contributed by atoms with Crippen molar-refractivity contribution in [3.8, 4) is 0 Å². The van der Waals surface area contributed by atoms with Crippen molar-refractivity contribution in [1.82, 2.24) is 0 Å². The van der Waals surface area contributed by atoms with Gasteiger partial charge in [0, 0.05) is 5.41 Å². The van der Waals surface area contributed by atoms with E-state index in [0.29, 0.717) is 0 Å². The Morgan fingerprint density at radius 3 is 2.60 bits per heavy atom. The second-order valence-electron chi connectivity index (χ2n) is 5.23. The van der Waals surface area contributed by atoms with Gasteiger partial charge in [0.15, 0.2) is 5.78 Å². The van der Waals surface area contributed by atoms with Gasteiger partial charge in [0.2, 0.25) is 0 Å². The van der Waals surface area contributed by atoms with Gasteiger partial charge in [0.1, 0.15) is 0 Å². The first-order chi connectivity index (χ1) is 6.83. The third-order valence-corrected chi connectivity index (χ3v) is 5.75. The highest BCUT2D eigenvalue weighted by molar-refractivity contribution is 9.10. The third kappa shape index (κ3) is 1.17. The molecule has 0 aromatic carbocycles. The smallest absolute Gasteiger partial charge is 0.303 e. The van der Waals surface area contributed by atoms with Crippen LogP contribution in [0.25, 0.3) is 0 Å². The molecule has 0 saturated heterocycles. The first kappa shape index (κ1) is 11.1. The van der Waals surface area contributed by atoms with Gasteiger partial charge in [-0.3, -0.25) is 9.59 Å². The highest BCUT2D eigenvalue weighted by atomic mass is 79.9. The molecule has 2 bridgehead atoms. The van der Waals surface area contributed by atoms with E-state index in [9.17, 15) is 9.59 Å². The second kappa shape index (κ2) is 3.06. The van der Waals surface area contributed by atoms with Crippen molar-refractivity contribution >= 4 is 27.7 Å². The standard InChI is InChI=1S/C11H15BrO3/c1-10-4-3-6(8(12)9(10)15)11(10,2)5-7(13)14/h6,8H,3-5H2,1-2H3,(H,13,14)/t6-,8-,10+,11-/m1/s1. The molecule has 0 aliphatic heterocycles. The maximum atomic E-state index is 12.0. The van der Waals surface area contributed by atoms with Crippen LogP contribution < -0.4 is 0 Å². The molecule has 0 amide bonds. The topological polar surface area (TPSA) is 54.4 Å². The summed E-state index contributed by atoms with van der Waals surface area (Å²) in [5.74, 6) is -0.418. The van der Waals surface area contributed by atoms with Gasteiger partial charge in [-0.1, -0.05) is 29.8 Å². The van der Waals surface area contributed by atoms with Gasteiger partial charge < -0.3 is 5.11 Å². The molecule has 2 fully saturated rings. The lowest BCUT2D eigenvalue weighted by atomic mass is 9.67. The van der Waals surface area contributed by atoms with E-state index in [1.807, 2.05) is 13.8 Å². The third-order valence-electron chi connectivity index (χ3n) is 4.70. The van der Waals surface area contributed by atoms with E-state index >= 15 is 0 Å². The van der Waals surface area contributed by atoms with Crippen LogP contribution >= 0.6 is 15.9 Å². The van der Waals surface area contributed by atoms with E-state index in [0.717, 1.165) is 12.8 Å². The summed E-state index contributed by atoms with van der Waals surface area (Å²) in [5, 5.41) is 8.96. The minimum absolute atomic E-state index is 0.0992. The van der Waals surface area contributed by atoms with Gasteiger partial charge in [-0.05, 0) is 24.2 Å². The lowest BCUT2D eigenvalue weighted by molar-refractivity contribution is -0.142. The van der Waals surface area contributed by atoms with Crippen molar-refractivity contribution in [2.45, 2.75) is 37.9 Å². The fourth-order valence-electron chi connectivity index (χ4n) is 3.46. The molecule has 0 aromatic rings. The van der Waals surface area contributed by atoms with Crippen molar-refractivity contribution in [2.24, 2.45) is 16.7 Å². The van der Waals surface area contributed by atoms with E-state index in [2.05, 4.69) is 15.9 Å². The van der Waals surface area contributed by atoms with Crippen molar-refractivity contribution in [3.63, 3.8) is 0 Å². The number of ketones is 1. The van der Waals surface area contributed by atoms with Crippen LogP contribution in [0.5, 0.6) is 0 Å². The zero-order valence-corrected chi connectivity index (χ0v) is 10.5. The summed E-state index contributed by atoms with van der Waals surface area (Å²) >= 11 is 3.42. The number of carbonyl (C=O) groups excluding carboxylic acids is 1. The van der Waals surface area contributed by atoms with Gasteiger partial charge in [-0.25, -0.2) is 0 Å². The van der Waals surface area contributed by atoms with Crippen LogP contribution in [-0.4, -0.2) is 21.7 Å². The Hall–Kier alpha value is -0.380.